The van der Waals surface area contributed by atoms with Crippen LogP contribution < -0.4 is 0 Å². The van der Waals surface area contributed by atoms with Crippen LogP contribution in [0.15, 0.2) is 24.3 Å². The molecule has 2 unspecified atom stereocenters. The first-order valence-corrected chi connectivity index (χ1v) is 7.24. The van der Waals surface area contributed by atoms with Crippen molar-refractivity contribution in [3.8, 4) is 12.3 Å². The average molecular weight is 319 g/mol. The summed E-state index contributed by atoms with van der Waals surface area (Å²) < 4.78 is 0. The number of hydrogen-bond donors (Lipinski definition) is 3. The molecular formula is C17H21NO5. The number of aromatic carboxylic acids is 1. The highest BCUT2D eigenvalue weighted by molar-refractivity contribution is 5.87. The van der Waals surface area contributed by atoms with E-state index in [1.54, 1.807) is 12.1 Å². The molecule has 1 aromatic carbocycles. The van der Waals surface area contributed by atoms with Gasteiger partial charge in [0.05, 0.1) is 11.6 Å². The number of carboxylic acids is 1. The molecule has 1 aliphatic heterocycles. The smallest absolute Gasteiger partial charge is 0.407 e. The van der Waals surface area contributed by atoms with Gasteiger partial charge < -0.3 is 20.2 Å². The van der Waals surface area contributed by atoms with Gasteiger partial charge in [-0.25, -0.2) is 9.59 Å². The van der Waals surface area contributed by atoms with Gasteiger partial charge in [-0.1, -0.05) is 12.1 Å². The van der Waals surface area contributed by atoms with Crippen LogP contribution in [-0.4, -0.2) is 45.9 Å². The van der Waals surface area contributed by atoms with Crippen molar-refractivity contribution in [2.24, 2.45) is 5.92 Å². The quantitative estimate of drug-likeness (QED) is 0.743. The molecule has 0 spiro atoms. The number of rotatable bonds is 3. The van der Waals surface area contributed by atoms with E-state index in [-0.39, 0.29) is 11.6 Å². The summed E-state index contributed by atoms with van der Waals surface area (Å²) in [6.07, 6.45) is 6.46. The summed E-state index contributed by atoms with van der Waals surface area (Å²) in [6, 6.07) is 6.10. The molecule has 1 aromatic rings. The molecule has 0 aromatic heterocycles. The van der Waals surface area contributed by atoms with Gasteiger partial charge in [0.2, 0.25) is 0 Å². The Balaban J connectivity index is 0.00000127. The Labute approximate surface area is 135 Å². The van der Waals surface area contributed by atoms with E-state index in [0.717, 1.165) is 19.1 Å². The molecule has 6 heteroatoms. The van der Waals surface area contributed by atoms with Gasteiger partial charge in [-0.3, -0.25) is 0 Å². The number of carbonyl (C=O) groups is 2. The summed E-state index contributed by atoms with van der Waals surface area (Å²) in [5.74, 6) is 1.94. The van der Waals surface area contributed by atoms with Crippen molar-refractivity contribution in [1.82, 2.24) is 4.90 Å². The molecule has 23 heavy (non-hydrogen) atoms. The lowest BCUT2D eigenvalue weighted by atomic mass is 9.85. The molecule has 1 fully saturated rings. The predicted octanol–water partition coefficient (Wildman–Crippen LogP) is 2.45. The molecule has 124 valence electrons. The van der Waals surface area contributed by atoms with Crippen LogP contribution in [0, 0.1) is 18.3 Å². The van der Waals surface area contributed by atoms with E-state index in [1.807, 2.05) is 0 Å². The van der Waals surface area contributed by atoms with Crippen LogP contribution in [0.4, 0.5) is 4.79 Å². The third kappa shape index (κ3) is 4.73. The fourth-order valence-electron chi connectivity index (χ4n) is 2.78. The van der Waals surface area contributed by atoms with Crippen LogP contribution >= 0.6 is 0 Å². The van der Waals surface area contributed by atoms with Crippen molar-refractivity contribution in [2.75, 3.05) is 13.7 Å². The normalized spacial score (nSPS) is 20.0. The van der Waals surface area contributed by atoms with E-state index >= 15 is 0 Å². The summed E-state index contributed by atoms with van der Waals surface area (Å²) in [6.45, 7) is 0.451. The van der Waals surface area contributed by atoms with Gasteiger partial charge in [0.15, 0.2) is 0 Å². The molecule has 0 aliphatic carbocycles. The predicted molar refractivity (Wildman–Crippen MR) is 85.2 cm³/mol. The second-order valence-corrected chi connectivity index (χ2v) is 5.22. The zero-order chi connectivity index (χ0) is 17.4. The van der Waals surface area contributed by atoms with Crippen LogP contribution in [0.3, 0.4) is 0 Å². The van der Waals surface area contributed by atoms with E-state index < -0.39 is 12.1 Å². The topological polar surface area (TPSA) is 98.1 Å². The Kier molecular flexibility index (Phi) is 7.10. The van der Waals surface area contributed by atoms with Gasteiger partial charge >= 0.3 is 12.1 Å². The molecule has 0 bridgehead atoms. The van der Waals surface area contributed by atoms with Gasteiger partial charge in [0.25, 0.3) is 0 Å². The zero-order valence-electron chi connectivity index (χ0n) is 13.0. The Bertz CT molecular complexity index is 576. The number of nitrogens with zero attached hydrogens (tertiary/aromatic N) is 1. The molecule has 1 aliphatic rings. The molecule has 3 N–H and O–H groups in total. The minimum absolute atomic E-state index is 0.191. The standard InChI is InChI=1S/C16H17NO4.CH4O/c1-2-3-11-8-9-17(16(20)21)14(10-11)12-4-6-13(7-5-12)15(18)19;1-2/h1,4-7,11,14H,3,8-10H2,(H,18,19)(H,20,21);2H,1H3. The lowest BCUT2D eigenvalue weighted by molar-refractivity contribution is 0.0695. The maximum Gasteiger partial charge on any atom is 0.407 e. The van der Waals surface area contributed by atoms with Crippen LogP contribution in [0.25, 0.3) is 0 Å². The number of hydrogen-bond acceptors (Lipinski definition) is 3. The fourth-order valence-corrected chi connectivity index (χ4v) is 2.78. The van der Waals surface area contributed by atoms with Crippen LogP contribution in [-0.2, 0) is 0 Å². The van der Waals surface area contributed by atoms with Crippen molar-refractivity contribution in [2.45, 2.75) is 25.3 Å². The van der Waals surface area contributed by atoms with Gasteiger partial charge in [-0.2, -0.15) is 0 Å². The van der Waals surface area contributed by atoms with Gasteiger partial charge in [0, 0.05) is 20.1 Å². The van der Waals surface area contributed by atoms with Crippen molar-refractivity contribution < 1.29 is 24.9 Å². The van der Waals surface area contributed by atoms with Gasteiger partial charge in [0.1, 0.15) is 0 Å². The molecule has 1 heterocycles. The minimum atomic E-state index is -0.995. The van der Waals surface area contributed by atoms with Crippen molar-refractivity contribution >= 4 is 12.1 Å². The first-order chi connectivity index (χ1) is 11.0. The summed E-state index contributed by atoms with van der Waals surface area (Å²) in [7, 11) is 1.00. The molecule has 1 amide bonds. The van der Waals surface area contributed by atoms with Gasteiger partial charge in [-0.15, -0.1) is 12.3 Å². The third-order valence-corrected chi connectivity index (χ3v) is 3.91. The monoisotopic (exact) mass is 319 g/mol. The van der Waals surface area contributed by atoms with E-state index in [1.165, 1.54) is 17.0 Å². The molecule has 0 saturated carbocycles. The summed E-state index contributed by atoms with van der Waals surface area (Å²) >= 11 is 0. The first-order valence-electron chi connectivity index (χ1n) is 7.24. The summed E-state index contributed by atoms with van der Waals surface area (Å²) in [4.78, 5) is 23.6. The van der Waals surface area contributed by atoms with Crippen molar-refractivity contribution in [3.63, 3.8) is 0 Å². The maximum absolute atomic E-state index is 11.4. The molecular weight excluding hydrogens is 298 g/mol. The van der Waals surface area contributed by atoms with Crippen LogP contribution in [0.2, 0.25) is 0 Å². The molecule has 6 nitrogen and oxygen atoms in total. The zero-order valence-corrected chi connectivity index (χ0v) is 13.0. The first kappa shape index (κ1) is 18.5. The Hall–Kier alpha value is -2.52. The highest BCUT2D eigenvalue weighted by atomic mass is 16.4. The fraction of sp³-hybridized carbons (Fsp3) is 0.412. The Morgan fingerprint density at radius 2 is 1.87 bits per heavy atom. The minimum Gasteiger partial charge on any atom is -0.478 e. The SMILES string of the molecule is C#CCC1CCN(C(=O)O)C(c2ccc(C(=O)O)cc2)C1.CO. The van der Waals surface area contributed by atoms with E-state index in [9.17, 15) is 14.7 Å². The maximum atomic E-state index is 11.4. The summed E-state index contributed by atoms with van der Waals surface area (Å²) in [5, 5.41) is 25.2. The van der Waals surface area contributed by atoms with Crippen molar-refractivity contribution in [1.29, 1.82) is 0 Å². The number of aliphatic hydroxyl groups is 1. The van der Waals surface area contributed by atoms with E-state index in [2.05, 4.69) is 5.92 Å². The number of amides is 1. The lowest BCUT2D eigenvalue weighted by Gasteiger charge is -2.37. The number of aliphatic hydroxyl groups excluding tert-OH is 1. The number of piperidine rings is 1. The van der Waals surface area contributed by atoms with Gasteiger partial charge in [-0.05, 0) is 36.5 Å². The second-order valence-electron chi connectivity index (χ2n) is 5.22. The highest BCUT2D eigenvalue weighted by Crippen LogP contribution is 2.35. The van der Waals surface area contributed by atoms with E-state index in [4.69, 9.17) is 16.6 Å². The second kappa shape index (κ2) is 8.81. The molecule has 2 rings (SSSR count). The largest absolute Gasteiger partial charge is 0.478 e. The molecule has 0 radical (unpaired) electrons. The number of terminal acetylenes is 1. The average Bonchev–Trinajstić information content (AvgIpc) is 2.57. The number of carboxylic acid groups (broad SMARTS) is 2. The Morgan fingerprint density at radius 3 is 2.35 bits per heavy atom. The summed E-state index contributed by atoms with van der Waals surface area (Å²) in [5.41, 5.74) is 1.00. The lowest BCUT2D eigenvalue weighted by Crippen LogP contribution is -2.40. The third-order valence-electron chi connectivity index (χ3n) is 3.91. The number of likely N-dealkylation sites (tertiary alicyclic amines) is 1. The van der Waals surface area contributed by atoms with Crippen LogP contribution in [0.5, 0.6) is 0 Å². The highest BCUT2D eigenvalue weighted by Gasteiger charge is 2.32. The van der Waals surface area contributed by atoms with Crippen molar-refractivity contribution in [3.05, 3.63) is 35.4 Å². The molecule has 1 saturated heterocycles. The number of benzene rings is 1. The van der Waals surface area contributed by atoms with Crippen LogP contribution in [0.1, 0.15) is 41.2 Å². The molecule has 2 atom stereocenters. The van der Waals surface area contributed by atoms with E-state index in [0.29, 0.717) is 25.3 Å². The Morgan fingerprint density at radius 1 is 1.26 bits per heavy atom.